The van der Waals surface area contributed by atoms with Crippen LogP contribution in [0.15, 0.2) is 12.3 Å². The molecule has 0 saturated carbocycles. The summed E-state index contributed by atoms with van der Waals surface area (Å²) in [5.74, 6) is 0.461. The third kappa shape index (κ3) is 2.62. The first kappa shape index (κ1) is 13.2. The van der Waals surface area contributed by atoms with E-state index in [0.717, 1.165) is 6.54 Å². The van der Waals surface area contributed by atoms with Gasteiger partial charge in [0.15, 0.2) is 0 Å². The summed E-state index contributed by atoms with van der Waals surface area (Å²) in [5.41, 5.74) is 1.19. The smallest absolute Gasteiger partial charge is 0.0803 e. The topological polar surface area (TPSA) is 39.1 Å². The van der Waals surface area contributed by atoms with Gasteiger partial charge in [0.05, 0.1) is 17.8 Å². The molecule has 0 aliphatic rings. The first-order valence-corrected chi connectivity index (χ1v) is 5.87. The number of rotatable bonds is 6. The summed E-state index contributed by atoms with van der Waals surface area (Å²) >= 11 is 0. The Morgan fingerprint density at radius 3 is 2.62 bits per heavy atom. The second-order valence-electron chi connectivity index (χ2n) is 4.28. The van der Waals surface area contributed by atoms with Gasteiger partial charge in [0.2, 0.25) is 0 Å². The van der Waals surface area contributed by atoms with Crippen LogP contribution in [0.3, 0.4) is 0 Å². The number of aromatic nitrogens is 2. The van der Waals surface area contributed by atoms with Crippen LogP contribution in [0.2, 0.25) is 0 Å². The van der Waals surface area contributed by atoms with E-state index in [-0.39, 0.29) is 12.1 Å². The lowest BCUT2D eigenvalue weighted by atomic mass is 9.97. The SMILES string of the molecule is CCn1nccc1C(NC)C(OC)C(C)C. The highest BCUT2D eigenvalue weighted by Crippen LogP contribution is 2.23. The Labute approximate surface area is 98.0 Å². The number of hydrogen-bond donors (Lipinski definition) is 1. The highest BCUT2D eigenvalue weighted by molar-refractivity contribution is 5.09. The predicted octanol–water partition coefficient (Wildman–Crippen LogP) is 1.83. The Hall–Kier alpha value is -0.870. The van der Waals surface area contributed by atoms with Gasteiger partial charge < -0.3 is 10.1 Å². The summed E-state index contributed by atoms with van der Waals surface area (Å²) in [6.45, 7) is 7.33. The van der Waals surface area contributed by atoms with Gasteiger partial charge in [-0.2, -0.15) is 5.10 Å². The van der Waals surface area contributed by atoms with Gasteiger partial charge in [-0.1, -0.05) is 13.8 Å². The third-order valence-corrected chi connectivity index (χ3v) is 2.94. The third-order valence-electron chi connectivity index (χ3n) is 2.94. The van der Waals surface area contributed by atoms with Crippen LogP contribution in [0.5, 0.6) is 0 Å². The van der Waals surface area contributed by atoms with Crippen LogP contribution >= 0.6 is 0 Å². The maximum Gasteiger partial charge on any atom is 0.0803 e. The number of hydrogen-bond acceptors (Lipinski definition) is 3. The summed E-state index contributed by atoms with van der Waals surface area (Å²) in [5, 5.41) is 7.63. The fraction of sp³-hybridized carbons (Fsp3) is 0.750. The van der Waals surface area contributed by atoms with Crippen LogP contribution in [-0.4, -0.2) is 30.0 Å². The summed E-state index contributed by atoms with van der Waals surface area (Å²) in [6.07, 6.45) is 2.00. The molecule has 92 valence electrons. The van der Waals surface area contributed by atoms with Gasteiger partial charge in [-0.3, -0.25) is 4.68 Å². The largest absolute Gasteiger partial charge is 0.379 e. The minimum Gasteiger partial charge on any atom is -0.379 e. The highest BCUT2D eigenvalue weighted by Gasteiger charge is 2.26. The van der Waals surface area contributed by atoms with E-state index in [2.05, 4.69) is 37.3 Å². The van der Waals surface area contributed by atoms with Gasteiger partial charge in [0.1, 0.15) is 0 Å². The lowest BCUT2D eigenvalue weighted by Crippen LogP contribution is -2.36. The van der Waals surface area contributed by atoms with E-state index in [1.54, 1.807) is 7.11 Å². The summed E-state index contributed by atoms with van der Waals surface area (Å²) in [6, 6.07) is 2.24. The Balaban J connectivity index is 2.96. The lowest BCUT2D eigenvalue weighted by Gasteiger charge is -2.29. The van der Waals surface area contributed by atoms with E-state index >= 15 is 0 Å². The van der Waals surface area contributed by atoms with Crippen LogP contribution in [0, 0.1) is 5.92 Å². The molecule has 1 aromatic heterocycles. The zero-order valence-electron chi connectivity index (χ0n) is 10.9. The van der Waals surface area contributed by atoms with Gasteiger partial charge in [-0.15, -0.1) is 0 Å². The molecule has 0 saturated heterocycles. The van der Waals surface area contributed by atoms with Crippen molar-refractivity contribution in [3.05, 3.63) is 18.0 Å². The zero-order valence-corrected chi connectivity index (χ0v) is 10.9. The first-order chi connectivity index (χ1) is 7.65. The van der Waals surface area contributed by atoms with Crippen molar-refractivity contribution in [3.63, 3.8) is 0 Å². The van der Waals surface area contributed by atoms with Crippen molar-refractivity contribution in [1.29, 1.82) is 0 Å². The quantitative estimate of drug-likeness (QED) is 0.803. The lowest BCUT2D eigenvalue weighted by molar-refractivity contribution is 0.0324. The molecular formula is C12H23N3O. The molecule has 0 fully saturated rings. The molecule has 0 aliphatic carbocycles. The van der Waals surface area contributed by atoms with Crippen molar-refractivity contribution < 1.29 is 4.74 Å². The molecule has 0 amide bonds. The predicted molar refractivity (Wildman–Crippen MR) is 65.3 cm³/mol. The Bertz CT molecular complexity index is 309. The molecule has 1 heterocycles. The minimum absolute atomic E-state index is 0.159. The Morgan fingerprint density at radius 2 is 2.19 bits per heavy atom. The number of ether oxygens (including phenoxy) is 1. The molecule has 0 aromatic carbocycles. The van der Waals surface area contributed by atoms with Crippen molar-refractivity contribution in [2.75, 3.05) is 14.2 Å². The van der Waals surface area contributed by atoms with Crippen LogP contribution in [0.25, 0.3) is 0 Å². The zero-order chi connectivity index (χ0) is 12.1. The van der Waals surface area contributed by atoms with Crippen molar-refractivity contribution in [2.45, 2.75) is 39.5 Å². The molecule has 0 bridgehead atoms. The number of nitrogens with one attached hydrogen (secondary N) is 1. The monoisotopic (exact) mass is 225 g/mol. The number of nitrogens with zero attached hydrogens (tertiary/aromatic N) is 2. The summed E-state index contributed by atoms with van der Waals surface area (Å²) < 4.78 is 7.59. The molecule has 16 heavy (non-hydrogen) atoms. The molecule has 0 radical (unpaired) electrons. The molecule has 0 aliphatic heterocycles. The van der Waals surface area contributed by atoms with Gasteiger partial charge in [-0.25, -0.2) is 0 Å². The maximum atomic E-state index is 5.58. The Kier molecular flexibility index (Phi) is 4.96. The minimum atomic E-state index is 0.159. The maximum absolute atomic E-state index is 5.58. The van der Waals surface area contributed by atoms with E-state index in [4.69, 9.17) is 4.74 Å². The van der Waals surface area contributed by atoms with Gasteiger partial charge >= 0.3 is 0 Å². The van der Waals surface area contributed by atoms with E-state index in [0.29, 0.717) is 5.92 Å². The Morgan fingerprint density at radius 1 is 1.50 bits per heavy atom. The molecular weight excluding hydrogens is 202 g/mol. The number of methoxy groups -OCH3 is 1. The molecule has 1 aromatic rings. The highest BCUT2D eigenvalue weighted by atomic mass is 16.5. The van der Waals surface area contributed by atoms with Gasteiger partial charge in [0.25, 0.3) is 0 Å². The standard InChI is InChI=1S/C12H23N3O/c1-6-15-10(7-8-14-15)11(13-4)12(16-5)9(2)3/h7-9,11-13H,6H2,1-5H3. The molecule has 1 rings (SSSR count). The van der Waals surface area contributed by atoms with E-state index in [1.807, 2.05) is 17.9 Å². The van der Waals surface area contributed by atoms with E-state index < -0.39 is 0 Å². The summed E-state index contributed by atoms with van der Waals surface area (Å²) in [7, 11) is 3.73. The number of likely N-dealkylation sites (N-methyl/N-ethyl adjacent to an activating group) is 1. The average molecular weight is 225 g/mol. The molecule has 1 N–H and O–H groups in total. The van der Waals surface area contributed by atoms with Crippen molar-refractivity contribution >= 4 is 0 Å². The van der Waals surface area contributed by atoms with Crippen LogP contribution in [-0.2, 0) is 11.3 Å². The first-order valence-electron chi connectivity index (χ1n) is 5.87. The van der Waals surface area contributed by atoms with Gasteiger partial charge in [0, 0.05) is 19.9 Å². The second-order valence-corrected chi connectivity index (χ2v) is 4.28. The van der Waals surface area contributed by atoms with Crippen LogP contribution in [0.4, 0.5) is 0 Å². The summed E-state index contributed by atoms with van der Waals surface area (Å²) in [4.78, 5) is 0. The fourth-order valence-corrected chi connectivity index (χ4v) is 2.14. The molecule has 0 spiro atoms. The number of aryl methyl sites for hydroxylation is 1. The van der Waals surface area contributed by atoms with Crippen LogP contribution < -0.4 is 5.32 Å². The van der Waals surface area contributed by atoms with Crippen molar-refractivity contribution in [3.8, 4) is 0 Å². The molecule has 4 heteroatoms. The van der Waals surface area contributed by atoms with Crippen LogP contribution in [0.1, 0.15) is 32.5 Å². The van der Waals surface area contributed by atoms with E-state index in [9.17, 15) is 0 Å². The molecule has 4 nitrogen and oxygen atoms in total. The fourth-order valence-electron chi connectivity index (χ4n) is 2.14. The second kappa shape index (κ2) is 6.01. The molecule has 2 unspecified atom stereocenters. The molecule has 2 atom stereocenters. The van der Waals surface area contributed by atoms with Gasteiger partial charge in [-0.05, 0) is 26.0 Å². The normalized spacial score (nSPS) is 15.4. The van der Waals surface area contributed by atoms with Crippen molar-refractivity contribution in [2.24, 2.45) is 5.92 Å². The van der Waals surface area contributed by atoms with Crippen molar-refractivity contribution in [1.82, 2.24) is 15.1 Å². The average Bonchev–Trinajstić information content (AvgIpc) is 2.72. The van der Waals surface area contributed by atoms with E-state index in [1.165, 1.54) is 5.69 Å².